The van der Waals surface area contributed by atoms with Crippen molar-refractivity contribution in [1.29, 1.82) is 0 Å². The molecule has 3 heterocycles. The van der Waals surface area contributed by atoms with Crippen LogP contribution in [0.1, 0.15) is 33.1 Å². The monoisotopic (exact) mass is 368 g/mol. The van der Waals surface area contributed by atoms with E-state index in [1.807, 2.05) is 19.1 Å². The SMILES string of the molecule is COCc1coc(-c2nc(N)c(C(=O)NCc3ncccc3C)nc2C)n1. The molecule has 0 saturated heterocycles. The minimum absolute atomic E-state index is 0.00247. The Labute approximate surface area is 156 Å². The number of rotatable bonds is 6. The highest BCUT2D eigenvalue weighted by Gasteiger charge is 2.19. The van der Waals surface area contributed by atoms with Crippen molar-refractivity contribution in [2.75, 3.05) is 12.8 Å². The molecule has 0 aliphatic carbocycles. The number of nitrogen functional groups attached to an aromatic ring is 1. The van der Waals surface area contributed by atoms with E-state index in [9.17, 15) is 4.79 Å². The third-order valence-electron chi connectivity index (χ3n) is 3.89. The number of nitrogens with zero attached hydrogens (tertiary/aromatic N) is 4. The van der Waals surface area contributed by atoms with Gasteiger partial charge >= 0.3 is 0 Å². The number of ether oxygens (including phenoxy) is 1. The Morgan fingerprint density at radius 1 is 1.30 bits per heavy atom. The number of nitrogens with one attached hydrogen (secondary N) is 1. The molecule has 3 rings (SSSR count). The highest BCUT2D eigenvalue weighted by molar-refractivity contribution is 5.96. The van der Waals surface area contributed by atoms with E-state index in [-0.39, 0.29) is 23.9 Å². The fourth-order valence-electron chi connectivity index (χ4n) is 2.48. The van der Waals surface area contributed by atoms with Crippen LogP contribution in [0.4, 0.5) is 5.82 Å². The van der Waals surface area contributed by atoms with Crippen molar-refractivity contribution >= 4 is 11.7 Å². The average molecular weight is 368 g/mol. The zero-order valence-electron chi connectivity index (χ0n) is 15.3. The Morgan fingerprint density at radius 3 is 2.85 bits per heavy atom. The van der Waals surface area contributed by atoms with Gasteiger partial charge in [0, 0.05) is 13.3 Å². The number of carbonyl (C=O) groups is 1. The van der Waals surface area contributed by atoms with Gasteiger partial charge in [-0.15, -0.1) is 0 Å². The summed E-state index contributed by atoms with van der Waals surface area (Å²) in [5.41, 5.74) is 9.24. The number of anilines is 1. The Hall–Kier alpha value is -3.33. The Balaban J connectivity index is 1.79. The maximum atomic E-state index is 12.5. The number of hydrogen-bond donors (Lipinski definition) is 2. The smallest absolute Gasteiger partial charge is 0.274 e. The summed E-state index contributed by atoms with van der Waals surface area (Å²) < 4.78 is 10.4. The molecule has 140 valence electrons. The second-order valence-corrected chi connectivity index (χ2v) is 5.92. The molecule has 0 fully saturated rings. The molecule has 3 N–H and O–H groups in total. The van der Waals surface area contributed by atoms with Crippen LogP contribution in [0.15, 0.2) is 29.0 Å². The fraction of sp³-hybridized carbons (Fsp3) is 0.278. The van der Waals surface area contributed by atoms with E-state index in [2.05, 4.69) is 25.3 Å². The van der Waals surface area contributed by atoms with Gasteiger partial charge in [-0.1, -0.05) is 6.07 Å². The molecular formula is C18H20N6O3. The fourth-order valence-corrected chi connectivity index (χ4v) is 2.48. The van der Waals surface area contributed by atoms with Crippen molar-refractivity contribution in [2.45, 2.75) is 27.0 Å². The second kappa shape index (κ2) is 7.92. The molecule has 0 aliphatic rings. The first-order valence-electron chi connectivity index (χ1n) is 8.26. The van der Waals surface area contributed by atoms with Crippen LogP contribution in [0.3, 0.4) is 0 Å². The van der Waals surface area contributed by atoms with Gasteiger partial charge in [-0.2, -0.15) is 0 Å². The molecule has 27 heavy (non-hydrogen) atoms. The first-order chi connectivity index (χ1) is 13.0. The van der Waals surface area contributed by atoms with E-state index in [1.54, 1.807) is 20.2 Å². The van der Waals surface area contributed by atoms with Crippen molar-refractivity contribution in [3.05, 3.63) is 52.9 Å². The minimum Gasteiger partial charge on any atom is -0.443 e. The zero-order chi connectivity index (χ0) is 19.4. The number of oxazole rings is 1. The molecule has 0 spiro atoms. The lowest BCUT2D eigenvalue weighted by Crippen LogP contribution is -2.26. The van der Waals surface area contributed by atoms with E-state index in [0.717, 1.165) is 11.3 Å². The third kappa shape index (κ3) is 4.09. The lowest BCUT2D eigenvalue weighted by Gasteiger charge is -2.09. The van der Waals surface area contributed by atoms with Crippen LogP contribution in [0.25, 0.3) is 11.6 Å². The van der Waals surface area contributed by atoms with Gasteiger partial charge in [-0.3, -0.25) is 9.78 Å². The van der Waals surface area contributed by atoms with E-state index < -0.39 is 5.91 Å². The van der Waals surface area contributed by atoms with Gasteiger partial charge in [0.2, 0.25) is 5.89 Å². The standard InChI is InChI=1S/C18H20N6O3/c1-10-5-4-6-20-13(10)7-21-17(25)15-16(19)24-14(11(2)22-15)18-23-12(8-26-3)9-27-18/h4-6,9H,7-8H2,1-3H3,(H2,19,24)(H,21,25). The van der Waals surface area contributed by atoms with Gasteiger partial charge in [0.15, 0.2) is 11.5 Å². The normalized spacial score (nSPS) is 10.8. The van der Waals surface area contributed by atoms with Crippen LogP contribution in [0.2, 0.25) is 0 Å². The van der Waals surface area contributed by atoms with Gasteiger partial charge in [0.25, 0.3) is 5.91 Å². The average Bonchev–Trinajstić information content (AvgIpc) is 3.11. The highest BCUT2D eigenvalue weighted by Crippen LogP contribution is 2.22. The van der Waals surface area contributed by atoms with E-state index in [0.29, 0.717) is 23.7 Å². The van der Waals surface area contributed by atoms with Crippen molar-refractivity contribution in [3.8, 4) is 11.6 Å². The van der Waals surface area contributed by atoms with Gasteiger partial charge in [-0.25, -0.2) is 15.0 Å². The van der Waals surface area contributed by atoms with Crippen molar-refractivity contribution in [1.82, 2.24) is 25.3 Å². The van der Waals surface area contributed by atoms with Gasteiger partial charge in [0.05, 0.1) is 24.5 Å². The maximum absolute atomic E-state index is 12.5. The van der Waals surface area contributed by atoms with Crippen molar-refractivity contribution < 1.29 is 13.9 Å². The lowest BCUT2D eigenvalue weighted by atomic mass is 10.2. The summed E-state index contributed by atoms with van der Waals surface area (Å²) in [5.74, 6) is -0.153. The topological polar surface area (TPSA) is 129 Å². The molecular weight excluding hydrogens is 348 g/mol. The Morgan fingerprint density at radius 2 is 2.11 bits per heavy atom. The van der Waals surface area contributed by atoms with E-state index >= 15 is 0 Å². The van der Waals surface area contributed by atoms with E-state index in [4.69, 9.17) is 14.9 Å². The van der Waals surface area contributed by atoms with Crippen LogP contribution in [0.5, 0.6) is 0 Å². The highest BCUT2D eigenvalue weighted by atomic mass is 16.5. The number of pyridine rings is 1. The van der Waals surface area contributed by atoms with E-state index in [1.165, 1.54) is 6.26 Å². The van der Waals surface area contributed by atoms with Gasteiger partial charge in [-0.05, 0) is 25.5 Å². The molecule has 9 nitrogen and oxygen atoms in total. The Kier molecular flexibility index (Phi) is 5.41. The molecule has 9 heteroatoms. The van der Waals surface area contributed by atoms with Crippen LogP contribution in [-0.4, -0.2) is 33.0 Å². The summed E-state index contributed by atoms with van der Waals surface area (Å²) in [5, 5.41) is 2.76. The largest absolute Gasteiger partial charge is 0.443 e. The molecule has 3 aromatic heterocycles. The summed E-state index contributed by atoms with van der Waals surface area (Å²) in [6.07, 6.45) is 3.15. The molecule has 1 amide bonds. The lowest BCUT2D eigenvalue weighted by molar-refractivity contribution is 0.0946. The number of carbonyl (C=O) groups excluding carboxylic acids is 1. The maximum Gasteiger partial charge on any atom is 0.274 e. The molecule has 0 unspecified atom stereocenters. The zero-order valence-corrected chi connectivity index (χ0v) is 15.3. The number of aromatic nitrogens is 4. The summed E-state index contributed by atoms with van der Waals surface area (Å²) in [7, 11) is 1.57. The molecule has 0 bridgehead atoms. The molecule has 0 aliphatic heterocycles. The first kappa shape index (κ1) is 18.5. The van der Waals surface area contributed by atoms with Crippen molar-refractivity contribution in [2.24, 2.45) is 0 Å². The van der Waals surface area contributed by atoms with Crippen LogP contribution in [0, 0.1) is 13.8 Å². The summed E-state index contributed by atoms with van der Waals surface area (Å²) in [6, 6.07) is 3.77. The second-order valence-electron chi connectivity index (χ2n) is 5.92. The van der Waals surface area contributed by atoms with Crippen LogP contribution in [-0.2, 0) is 17.9 Å². The number of aryl methyl sites for hydroxylation is 2. The Bertz CT molecular complexity index is 969. The van der Waals surface area contributed by atoms with Gasteiger partial charge in [0.1, 0.15) is 17.7 Å². The molecule has 0 aromatic carbocycles. The van der Waals surface area contributed by atoms with Crippen LogP contribution >= 0.6 is 0 Å². The summed E-state index contributed by atoms with van der Waals surface area (Å²) in [4.78, 5) is 29.5. The number of amides is 1. The molecule has 0 saturated carbocycles. The predicted octanol–water partition coefficient (Wildman–Crippen LogP) is 1.80. The molecule has 0 atom stereocenters. The number of hydrogen-bond acceptors (Lipinski definition) is 8. The summed E-state index contributed by atoms with van der Waals surface area (Å²) in [6.45, 7) is 4.23. The third-order valence-corrected chi connectivity index (χ3v) is 3.89. The van der Waals surface area contributed by atoms with Crippen LogP contribution < -0.4 is 11.1 Å². The number of nitrogens with two attached hydrogens (primary N) is 1. The quantitative estimate of drug-likeness (QED) is 0.674. The van der Waals surface area contributed by atoms with Crippen molar-refractivity contribution in [3.63, 3.8) is 0 Å². The minimum atomic E-state index is -0.424. The number of methoxy groups -OCH3 is 1. The molecule has 0 radical (unpaired) electrons. The predicted molar refractivity (Wildman–Crippen MR) is 97.5 cm³/mol. The summed E-state index contributed by atoms with van der Waals surface area (Å²) >= 11 is 0. The van der Waals surface area contributed by atoms with Gasteiger partial charge < -0.3 is 20.2 Å². The first-order valence-corrected chi connectivity index (χ1v) is 8.26. The molecule has 3 aromatic rings.